The number of nitrogens with two attached hydrogens (primary N) is 1. The highest BCUT2D eigenvalue weighted by molar-refractivity contribution is 9.10. The molecule has 0 bridgehead atoms. The van der Waals surface area contributed by atoms with Crippen LogP contribution >= 0.6 is 15.9 Å². The van der Waals surface area contributed by atoms with Crippen LogP contribution in [0.4, 0.5) is 4.39 Å². The van der Waals surface area contributed by atoms with Crippen molar-refractivity contribution in [3.63, 3.8) is 0 Å². The van der Waals surface area contributed by atoms with Crippen molar-refractivity contribution in [2.45, 2.75) is 13.0 Å². The molecule has 0 aromatic heterocycles. The molecule has 21 heavy (non-hydrogen) atoms. The van der Waals surface area contributed by atoms with Crippen LogP contribution in [0.2, 0.25) is 0 Å². The Hall–Kier alpha value is -1.71. The van der Waals surface area contributed by atoms with Crippen LogP contribution in [0.25, 0.3) is 10.8 Å². The van der Waals surface area contributed by atoms with E-state index in [2.05, 4.69) is 40.2 Å². The van der Waals surface area contributed by atoms with E-state index in [0.717, 1.165) is 31.9 Å². The van der Waals surface area contributed by atoms with Crippen molar-refractivity contribution in [2.24, 2.45) is 5.73 Å². The van der Waals surface area contributed by atoms with E-state index in [1.54, 1.807) is 6.07 Å². The molecule has 0 aliphatic carbocycles. The molecule has 2 N–H and O–H groups in total. The first kappa shape index (κ1) is 14.2. The summed E-state index contributed by atoms with van der Waals surface area (Å²) >= 11 is 3.47. The lowest BCUT2D eigenvalue weighted by molar-refractivity contribution is 0.623. The number of halogens is 2. The van der Waals surface area contributed by atoms with Crippen LogP contribution in [0.5, 0.6) is 0 Å². The lowest BCUT2D eigenvalue weighted by Crippen LogP contribution is -2.14. The fourth-order valence-corrected chi connectivity index (χ4v) is 3.22. The monoisotopic (exact) mass is 343 g/mol. The average Bonchev–Trinajstić information content (AvgIpc) is 2.49. The minimum Gasteiger partial charge on any atom is -0.320 e. The molecule has 0 radical (unpaired) electrons. The van der Waals surface area contributed by atoms with Gasteiger partial charge >= 0.3 is 0 Å². The van der Waals surface area contributed by atoms with E-state index in [-0.39, 0.29) is 11.9 Å². The first-order valence-corrected chi connectivity index (χ1v) is 7.56. The second-order valence-electron chi connectivity index (χ2n) is 5.16. The van der Waals surface area contributed by atoms with Gasteiger partial charge in [0.1, 0.15) is 5.82 Å². The molecule has 1 unspecified atom stereocenters. The number of hydrogen-bond acceptors (Lipinski definition) is 1. The van der Waals surface area contributed by atoms with Gasteiger partial charge in [0.2, 0.25) is 0 Å². The third kappa shape index (κ3) is 2.59. The molecule has 1 atom stereocenters. The van der Waals surface area contributed by atoms with Crippen LogP contribution in [0.15, 0.2) is 59.1 Å². The van der Waals surface area contributed by atoms with Crippen LogP contribution < -0.4 is 5.73 Å². The fraction of sp³-hybridized carbons (Fsp3) is 0.111. The topological polar surface area (TPSA) is 26.0 Å². The van der Waals surface area contributed by atoms with Gasteiger partial charge in [-0.3, -0.25) is 0 Å². The van der Waals surface area contributed by atoms with Crippen LogP contribution in [0, 0.1) is 12.7 Å². The molecule has 3 aromatic rings. The highest BCUT2D eigenvalue weighted by Crippen LogP contribution is 2.33. The third-order valence-electron chi connectivity index (χ3n) is 3.79. The van der Waals surface area contributed by atoms with Gasteiger partial charge in [-0.2, -0.15) is 0 Å². The Bertz CT molecular complexity index is 813. The Morgan fingerprint density at radius 3 is 2.62 bits per heavy atom. The van der Waals surface area contributed by atoms with Gasteiger partial charge < -0.3 is 5.73 Å². The van der Waals surface area contributed by atoms with E-state index < -0.39 is 0 Å². The maximum atomic E-state index is 13.6. The number of fused-ring (bicyclic) bond motifs is 1. The zero-order valence-electron chi connectivity index (χ0n) is 11.6. The highest BCUT2D eigenvalue weighted by Gasteiger charge is 2.17. The molecule has 0 saturated carbocycles. The standard InChI is InChI=1S/C18H15BrFN/c1-11-6-7-12-4-2-3-5-14(12)17(11)18(21)15-10-13(20)8-9-16(15)19/h2-10,18H,21H2,1H3. The molecule has 0 aliphatic heterocycles. The van der Waals surface area contributed by atoms with Crippen molar-refractivity contribution in [3.05, 3.63) is 81.6 Å². The summed E-state index contributed by atoms with van der Waals surface area (Å²) in [5.41, 5.74) is 9.36. The Labute approximate surface area is 131 Å². The molecule has 0 fully saturated rings. The zero-order valence-corrected chi connectivity index (χ0v) is 13.2. The van der Waals surface area contributed by atoms with Crippen molar-refractivity contribution in [3.8, 4) is 0 Å². The predicted molar refractivity (Wildman–Crippen MR) is 88.8 cm³/mol. The van der Waals surface area contributed by atoms with E-state index in [1.807, 2.05) is 19.1 Å². The second-order valence-corrected chi connectivity index (χ2v) is 6.02. The van der Waals surface area contributed by atoms with E-state index >= 15 is 0 Å². The van der Waals surface area contributed by atoms with Crippen molar-refractivity contribution in [1.29, 1.82) is 0 Å². The molecule has 106 valence electrons. The molecule has 0 saturated heterocycles. The Kier molecular flexibility index (Phi) is 3.79. The van der Waals surface area contributed by atoms with Crippen LogP contribution in [-0.4, -0.2) is 0 Å². The summed E-state index contributed by atoms with van der Waals surface area (Å²) in [6.07, 6.45) is 0. The first-order chi connectivity index (χ1) is 10.1. The average molecular weight is 344 g/mol. The van der Waals surface area contributed by atoms with Gasteiger partial charge in [-0.15, -0.1) is 0 Å². The van der Waals surface area contributed by atoms with Crippen molar-refractivity contribution < 1.29 is 4.39 Å². The van der Waals surface area contributed by atoms with Crippen LogP contribution in [-0.2, 0) is 0 Å². The van der Waals surface area contributed by atoms with E-state index in [1.165, 1.54) is 12.1 Å². The molecule has 0 heterocycles. The number of rotatable bonds is 2. The molecule has 0 amide bonds. The van der Waals surface area contributed by atoms with Gasteiger partial charge in [0.05, 0.1) is 6.04 Å². The SMILES string of the molecule is Cc1ccc2ccccc2c1C(N)c1cc(F)ccc1Br. The molecule has 1 nitrogen and oxygen atoms in total. The van der Waals surface area contributed by atoms with Gasteiger partial charge in [-0.1, -0.05) is 52.3 Å². The molecular formula is C18H15BrFN. The van der Waals surface area contributed by atoms with Crippen molar-refractivity contribution in [2.75, 3.05) is 0 Å². The largest absolute Gasteiger partial charge is 0.320 e. The van der Waals surface area contributed by atoms with E-state index in [4.69, 9.17) is 5.73 Å². The number of benzene rings is 3. The molecule has 0 spiro atoms. The van der Waals surface area contributed by atoms with Gasteiger partial charge in [0.25, 0.3) is 0 Å². The summed E-state index contributed by atoms with van der Waals surface area (Å²) in [6, 6.07) is 16.5. The second kappa shape index (κ2) is 5.58. The summed E-state index contributed by atoms with van der Waals surface area (Å²) in [5.74, 6) is -0.276. The van der Waals surface area contributed by atoms with Gasteiger partial charge in [-0.25, -0.2) is 4.39 Å². The third-order valence-corrected chi connectivity index (χ3v) is 4.51. The number of aryl methyl sites for hydroxylation is 1. The van der Waals surface area contributed by atoms with Gasteiger partial charge in [0.15, 0.2) is 0 Å². The van der Waals surface area contributed by atoms with Crippen LogP contribution in [0.3, 0.4) is 0 Å². The van der Waals surface area contributed by atoms with E-state index in [9.17, 15) is 4.39 Å². The van der Waals surface area contributed by atoms with Crippen molar-refractivity contribution in [1.82, 2.24) is 0 Å². The predicted octanol–water partition coefficient (Wildman–Crippen LogP) is 5.10. The number of hydrogen-bond donors (Lipinski definition) is 1. The first-order valence-electron chi connectivity index (χ1n) is 6.76. The normalized spacial score (nSPS) is 12.6. The maximum Gasteiger partial charge on any atom is 0.123 e. The Morgan fingerprint density at radius 2 is 1.81 bits per heavy atom. The summed E-state index contributed by atoms with van der Waals surface area (Å²) < 4.78 is 14.4. The lowest BCUT2D eigenvalue weighted by Gasteiger charge is -2.19. The van der Waals surface area contributed by atoms with Gasteiger partial charge in [-0.05, 0) is 52.6 Å². The minimum absolute atomic E-state index is 0.276. The van der Waals surface area contributed by atoms with Gasteiger partial charge in [0, 0.05) is 4.47 Å². The molecular weight excluding hydrogens is 329 g/mol. The Morgan fingerprint density at radius 1 is 1.05 bits per heavy atom. The summed E-state index contributed by atoms with van der Waals surface area (Å²) in [6.45, 7) is 2.04. The maximum absolute atomic E-state index is 13.6. The molecule has 3 aromatic carbocycles. The summed E-state index contributed by atoms with van der Waals surface area (Å²) in [7, 11) is 0. The minimum atomic E-state index is -0.374. The zero-order chi connectivity index (χ0) is 15.0. The summed E-state index contributed by atoms with van der Waals surface area (Å²) in [5, 5.41) is 2.25. The summed E-state index contributed by atoms with van der Waals surface area (Å²) in [4.78, 5) is 0. The highest BCUT2D eigenvalue weighted by atomic mass is 79.9. The quantitative estimate of drug-likeness (QED) is 0.688. The molecule has 3 rings (SSSR count). The van der Waals surface area contributed by atoms with Crippen LogP contribution in [0.1, 0.15) is 22.7 Å². The fourth-order valence-electron chi connectivity index (χ4n) is 2.73. The lowest BCUT2D eigenvalue weighted by atomic mass is 9.91. The Balaban J connectivity index is 2.24. The smallest absolute Gasteiger partial charge is 0.123 e. The molecule has 0 aliphatic rings. The molecule has 3 heteroatoms. The van der Waals surface area contributed by atoms with Crippen molar-refractivity contribution >= 4 is 26.7 Å². The van der Waals surface area contributed by atoms with E-state index in [0.29, 0.717) is 0 Å².